The van der Waals surface area contributed by atoms with Gasteiger partial charge < -0.3 is 14.4 Å². The van der Waals surface area contributed by atoms with Gasteiger partial charge in [0.05, 0.1) is 19.3 Å². The van der Waals surface area contributed by atoms with Crippen molar-refractivity contribution in [1.29, 1.82) is 5.26 Å². The maximum Gasteiger partial charge on any atom is 0.169 e. The van der Waals surface area contributed by atoms with Crippen molar-refractivity contribution in [3.8, 4) is 17.6 Å². The van der Waals surface area contributed by atoms with Crippen molar-refractivity contribution in [3.05, 3.63) is 41.1 Å². The van der Waals surface area contributed by atoms with E-state index in [0.717, 1.165) is 11.3 Å². The van der Waals surface area contributed by atoms with E-state index in [1.54, 1.807) is 7.11 Å². The van der Waals surface area contributed by atoms with Gasteiger partial charge in [0.25, 0.3) is 0 Å². The minimum absolute atomic E-state index is 0.441. The first-order chi connectivity index (χ1) is 11.1. The van der Waals surface area contributed by atoms with E-state index in [1.807, 2.05) is 50.1 Å². The van der Waals surface area contributed by atoms with Gasteiger partial charge in [-0.2, -0.15) is 10.4 Å². The van der Waals surface area contributed by atoms with E-state index in [0.29, 0.717) is 36.0 Å². The number of aromatic nitrogens is 2. The Kier molecular flexibility index (Phi) is 5.36. The molecule has 0 saturated heterocycles. The van der Waals surface area contributed by atoms with Crippen LogP contribution in [0.15, 0.2) is 24.3 Å². The number of nitrogens with zero attached hydrogens (tertiary/aromatic N) is 4. The molecule has 0 aliphatic rings. The third-order valence-corrected chi connectivity index (χ3v) is 3.66. The third kappa shape index (κ3) is 3.69. The average Bonchev–Trinajstić information content (AvgIpc) is 2.57. The number of para-hydroxylation sites is 2. The Hall–Kier alpha value is -2.81. The van der Waals surface area contributed by atoms with E-state index >= 15 is 0 Å². The molecule has 0 bridgehead atoms. The zero-order valence-corrected chi connectivity index (χ0v) is 13.8. The molecule has 2 aromatic rings. The largest absolute Gasteiger partial charge is 0.493 e. The minimum Gasteiger partial charge on any atom is -0.493 e. The van der Waals surface area contributed by atoms with Crippen LogP contribution in [0.4, 0.5) is 5.82 Å². The molecule has 0 radical (unpaired) electrons. The van der Waals surface area contributed by atoms with Crippen molar-refractivity contribution in [2.24, 2.45) is 0 Å². The zero-order valence-electron chi connectivity index (χ0n) is 13.8. The van der Waals surface area contributed by atoms with Crippen LogP contribution < -0.4 is 14.4 Å². The summed E-state index contributed by atoms with van der Waals surface area (Å²) in [4.78, 5) is 1.87. The number of aryl methyl sites for hydroxylation is 1. The molecule has 0 atom stereocenters. The topological polar surface area (TPSA) is 71.3 Å². The molecule has 0 N–H and O–H groups in total. The predicted octanol–water partition coefficient (Wildman–Crippen LogP) is 2.49. The monoisotopic (exact) mass is 312 g/mol. The fourth-order valence-corrected chi connectivity index (χ4v) is 2.13. The standard InChI is InChI=1S/C17H20N4O2/c1-12-13(2)19-20-17(14(12)11-18)21(3)9-10-23-16-8-6-5-7-15(16)22-4/h5-8H,9-10H2,1-4H3. The molecule has 6 nitrogen and oxygen atoms in total. The molecule has 0 fully saturated rings. The van der Waals surface area contributed by atoms with Gasteiger partial charge in [-0.05, 0) is 31.5 Å². The Morgan fingerprint density at radius 3 is 2.52 bits per heavy atom. The van der Waals surface area contributed by atoms with Gasteiger partial charge in [-0.3, -0.25) is 0 Å². The second kappa shape index (κ2) is 7.45. The van der Waals surface area contributed by atoms with E-state index in [9.17, 15) is 5.26 Å². The molecule has 0 saturated carbocycles. The van der Waals surface area contributed by atoms with Crippen LogP contribution in [0.1, 0.15) is 16.8 Å². The second-order valence-electron chi connectivity index (χ2n) is 5.14. The number of hydrogen-bond donors (Lipinski definition) is 0. The summed E-state index contributed by atoms with van der Waals surface area (Å²) in [5.41, 5.74) is 2.18. The van der Waals surface area contributed by atoms with Gasteiger partial charge in [0, 0.05) is 7.05 Å². The van der Waals surface area contributed by atoms with Crippen LogP contribution in [0.2, 0.25) is 0 Å². The van der Waals surface area contributed by atoms with Crippen molar-refractivity contribution in [2.45, 2.75) is 13.8 Å². The van der Waals surface area contributed by atoms with Crippen molar-refractivity contribution in [3.63, 3.8) is 0 Å². The first-order valence-corrected chi connectivity index (χ1v) is 7.29. The van der Waals surface area contributed by atoms with Crippen LogP contribution in [0.3, 0.4) is 0 Å². The fourth-order valence-electron chi connectivity index (χ4n) is 2.13. The van der Waals surface area contributed by atoms with Crippen molar-refractivity contribution in [1.82, 2.24) is 10.2 Å². The molecule has 0 spiro atoms. The number of benzene rings is 1. The van der Waals surface area contributed by atoms with Gasteiger partial charge in [0.15, 0.2) is 17.3 Å². The number of hydrogen-bond acceptors (Lipinski definition) is 6. The highest BCUT2D eigenvalue weighted by Crippen LogP contribution is 2.26. The maximum atomic E-state index is 9.35. The SMILES string of the molecule is COc1ccccc1OCCN(C)c1nnc(C)c(C)c1C#N. The van der Waals surface area contributed by atoms with E-state index in [4.69, 9.17) is 9.47 Å². The molecule has 6 heteroatoms. The predicted molar refractivity (Wildman–Crippen MR) is 88.0 cm³/mol. The summed E-state index contributed by atoms with van der Waals surface area (Å²) in [6.07, 6.45) is 0. The molecule has 0 unspecified atom stereocenters. The fraction of sp³-hybridized carbons (Fsp3) is 0.353. The van der Waals surface area contributed by atoms with Crippen LogP contribution in [-0.2, 0) is 0 Å². The van der Waals surface area contributed by atoms with Gasteiger partial charge in [-0.1, -0.05) is 12.1 Å². The van der Waals surface area contributed by atoms with E-state index in [-0.39, 0.29) is 0 Å². The second-order valence-corrected chi connectivity index (χ2v) is 5.14. The summed E-state index contributed by atoms with van der Waals surface area (Å²) in [5, 5.41) is 17.6. The Bertz CT molecular complexity index is 725. The molecular formula is C17H20N4O2. The summed E-state index contributed by atoms with van der Waals surface area (Å²) in [5.74, 6) is 1.95. The van der Waals surface area contributed by atoms with Crippen molar-refractivity contribution in [2.75, 3.05) is 32.2 Å². The Labute approximate surface area is 136 Å². The van der Waals surface area contributed by atoms with E-state index < -0.39 is 0 Å². The van der Waals surface area contributed by atoms with Gasteiger partial charge in [0.1, 0.15) is 18.2 Å². The summed E-state index contributed by atoms with van der Waals surface area (Å²) in [6.45, 7) is 4.74. The van der Waals surface area contributed by atoms with E-state index in [2.05, 4.69) is 16.3 Å². The lowest BCUT2D eigenvalue weighted by Gasteiger charge is -2.20. The lowest BCUT2D eigenvalue weighted by atomic mass is 10.1. The molecule has 0 aliphatic heterocycles. The number of anilines is 1. The molecule has 1 aromatic heterocycles. The minimum atomic E-state index is 0.441. The van der Waals surface area contributed by atoms with E-state index in [1.165, 1.54) is 0 Å². The van der Waals surface area contributed by atoms with Crippen LogP contribution in [0.25, 0.3) is 0 Å². The van der Waals surface area contributed by atoms with Gasteiger partial charge in [0.2, 0.25) is 0 Å². The summed E-state index contributed by atoms with van der Waals surface area (Å²) in [6, 6.07) is 9.70. The van der Waals surface area contributed by atoms with Crippen LogP contribution in [0, 0.1) is 25.2 Å². The van der Waals surface area contributed by atoms with Crippen LogP contribution in [0.5, 0.6) is 11.5 Å². The van der Waals surface area contributed by atoms with Gasteiger partial charge in [-0.25, -0.2) is 0 Å². The molecule has 120 valence electrons. The summed E-state index contributed by atoms with van der Waals surface area (Å²) in [7, 11) is 3.48. The molecule has 2 rings (SSSR count). The average molecular weight is 312 g/mol. The third-order valence-electron chi connectivity index (χ3n) is 3.66. The van der Waals surface area contributed by atoms with Crippen molar-refractivity contribution >= 4 is 5.82 Å². The highest BCUT2D eigenvalue weighted by atomic mass is 16.5. The number of ether oxygens (including phenoxy) is 2. The number of nitriles is 1. The highest BCUT2D eigenvalue weighted by Gasteiger charge is 2.14. The lowest BCUT2D eigenvalue weighted by Crippen LogP contribution is -2.26. The summed E-state index contributed by atoms with van der Waals surface area (Å²) >= 11 is 0. The molecule has 1 heterocycles. The summed E-state index contributed by atoms with van der Waals surface area (Å²) < 4.78 is 11.0. The first kappa shape index (κ1) is 16.6. The zero-order chi connectivity index (χ0) is 16.8. The first-order valence-electron chi connectivity index (χ1n) is 7.29. The Balaban J connectivity index is 2.05. The van der Waals surface area contributed by atoms with Crippen molar-refractivity contribution < 1.29 is 9.47 Å². The Morgan fingerprint density at radius 2 is 1.87 bits per heavy atom. The highest BCUT2D eigenvalue weighted by molar-refractivity contribution is 5.57. The molecule has 23 heavy (non-hydrogen) atoms. The van der Waals surface area contributed by atoms with Gasteiger partial charge >= 0.3 is 0 Å². The molecule has 1 aromatic carbocycles. The molecule has 0 amide bonds. The normalized spacial score (nSPS) is 10.0. The van der Waals surface area contributed by atoms with Crippen LogP contribution in [-0.4, -0.2) is 37.5 Å². The van der Waals surface area contributed by atoms with Crippen LogP contribution >= 0.6 is 0 Å². The number of likely N-dealkylation sites (N-methyl/N-ethyl adjacent to an activating group) is 1. The number of methoxy groups -OCH3 is 1. The number of rotatable bonds is 6. The maximum absolute atomic E-state index is 9.35. The Morgan fingerprint density at radius 1 is 1.17 bits per heavy atom. The molecular weight excluding hydrogens is 292 g/mol. The van der Waals surface area contributed by atoms with Gasteiger partial charge in [-0.15, -0.1) is 5.10 Å². The molecule has 0 aliphatic carbocycles. The smallest absolute Gasteiger partial charge is 0.169 e. The lowest BCUT2D eigenvalue weighted by molar-refractivity contribution is 0.300. The quantitative estimate of drug-likeness (QED) is 0.816.